The fourth-order valence-corrected chi connectivity index (χ4v) is 1.63. The first-order valence-electron chi connectivity index (χ1n) is 4.66. The standard InChI is InChI=1S/C9H12BrN3O/c10-7-4-11-9(12-5-7)13-8-2-1-3-14-6-8/h4-5,8H,1-3,6H2,(H,11,12,13). The normalized spacial score (nSPS) is 21.9. The number of ether oxygens (including phenoxy) is 1. The second-order valence-electron chi connectivity index (χ2n) is 3.28. The third kappa shape index (κ3) is 2.65. The Morgan fingerprint density at radius 1 is 1.43 bits per heavy atom. The van der Waals surface area contributed by atoms with Gasteiger partial charge in [-0.25, -0.2) is 9.97 Å². The predicted molar refractivity (Wildman–Crippen MR) is 57.2 cm³/mol. The van der Waals surface area contributed by atoms with Gasteiger partial charge in [-0.3, -0.25) is 0 Å². The van der Waals surface area contributed by atoms with Gasteiger partial charge in [-0.05, 0) is 28.8 Å². The van der Waals surface area contributed by atoms with Gasteiger partial charge >= 0.3 is 0 Å². The van der Waals surface area contributed by atoms with Crippen molar-refractivity contribution in [2.75, 3.05) is 18.5 Å². The fraction of sp³-hybridized carbons (Fsp3) is 0.556. The van der Waals surface area contributed by atoms with Gasteiger partial charge in [0.25, 0.3) is 0 Å². The fourth-order valence-electron chi connectivity index (χ4n) is 1.42. The van der Waals surface area contributed by atoms with E-state index in [1.54, 1.807) is 12.4 Å². The average molecular weight is 258 g/mol. The Bertz CT molecular complexity index is 285. The van der Waals surface area contributed by atoms with E-state index >= 15 is 0 Å². The average Bonchev–Trinajstić information content (AvgIpc) is 2.23. The van der Waals surface area contributed by atoms with Crippen LogP contribution < -0.4 is 5.32 Å². The molecule has 5 heteroatoms. The summed E-state index contributed by atoms with van der Waals surface area (Å²) in [7, 11) is 0. The largest absolute Gasteiger partial charge is 0.379 e. The summed E-state index contributed by atoms with van der Waals surface area (Å²) >= 11 is 3.29. The summed E-state index contributed by atoms with van der Waals surface area (Å²) in [5.74, 6) is 0.670. The van der Waals surface area contributed by atoms with Gasteiger partial charge in [0.2, 0.25) is 5.95 Å². The highest BCUT2D eigenvalue weighted by atomic mass is 79.9. The van der Waals surface area contributed by atoms with Crippen molar-refractivity contribution in [3.8, 4) is 0 Å². The summed E-state index contributed by atoms with van der Waals surface area (Å²) in [6, 6.07) is 0.352. The van der Waals surface area contributed by atoms with Crippen molar-refractivity contribution < 1.29 is 4.74 Å². The van der Waals surface area contributed by atoms with Crippen LogP contribution in [-0.4, -0.2) is 29.2 Å². The highest BCUT2D eigenvalue weighted by Crippen LogP contribution is 2.12. The maximum absolute atomic E-state index is 5.35. The van der Waals surface area contributed by atoms with Crippen LogP contribution in [0.5, 0.6) is 0 Å². The van der Waals surface area contributed by atoms with E-state index in [9.17, 15) is 0 Å². The third-order valence-electron chi connectivity index (χ3n) is 2.11. The van der Waals surface area contributed by atoms with Gasteiger partial charge in [0.05, 0.1) is 17.1 Å². The lowest BCUT2D eigenvalue weighted by molar-refractivity contribution is 0.0874. The van der Waals surface area contributed by atoms with Gasteiger partial charge in [-0.15, -0.1) is 0 Å². The van der Waals surface area contributed by atoms with Gasteiger partial charge in [-0.2, -0.15) is 0 Å². The zero-order valence-electron chi connectivity index (χ0n) is 7.74. The molecule has 0 saturated carbocycles. The molecular formula is C9H12BrN3O. The first kappa shape index (κ1) is 9.86. The number of nitrogens with one attached hydrogen (secondary N) is 1. The molecule has 1 aromatic rings. The van der Waals surface area contributed by atoms with Gasteiger partial charge in [0.1, 0.15) is 0 Å². The Morgan fingerprint density at radius 3 is 2.86 bits per heavy atom. The van der Waals surface area contributed by atoms with Crippen LogP contribution in [0.2, 0.25) is 0 Å². The lowest BCUT2D eigenvalue weighted by Gasteiger charge is -2.22. The molecule has 0 aromatic carbocycles. The summed E-state index contributed by atoms with van der Waals surface area (Å²) in [4.78, 5) is 8.30. The number of hydrogen-bond acceptors (Lipinski definition) is 4. The monoisotopic (exact) mass is 257 g/mol. The summed E-state index contributed by atoms with van der Waals surface area (Å²) in [5.41, 5.74) is 0. The molecule has 1 atom stereocenters. The minimum Gasteiger partial charge on any atom is -0.379 e. The first-order valence-corrected chi connectivity index (χ1v) is 5.46. The SMILES string of the molecule is Brc1cnc(NC2CCCOC2)nc1. The molecule has 4 nitrogen and oxygen atoms in total. The van der Waals surface area contributed by atoms with E-state index in [-0.39, 0.29) is 0 Å². The van der Waals surface area contributed by atoms with E-state index in [1.807, 2.05) is 0 Å². The van der Waals surface area contributed by atoms with Crippen molar-refractivity contribution >= 4 is 21.9 Å². The van der Waals surface area contributed by atoms with E-state index < -0.39 is 0 Å². The van der Waals surface area contributed by atoms with Gasteiger partial charge in [-0.1, -0.05) is 0 Å². The molecular weight excluding hydrogens is 246 g/mol. The molecule has 1 N–H and O–H groups in total. The molecule has 1 aliphatic heterocycles. The summed E-state index contributed by atoms with van der Waals surface area (Å²) in [5, 5.41) is 3.24. The van der Waals surface area contributed by atoms with Crippen LogP contribution in [0.1, 0.15) is 12.8 Å². The van der Waals surface area contributed by atoms with Crippen LogP contribution in [-0.2, 0) is 4.74 Å². The molecule has 0 amide bonds. The van der Waals surface area contributed by atoms with Crippen LogP contribution in [0.25, 0.3) is 0 Å². The lowest BCUT2D eigenvalue weighted by Crippen LogP contribution is -2.30. The smallest absolute Gasteiger partial charge is 0.222 e. The minimum atomic E-state index is 0.352. The van der Waals surface area contributed by atoms with Gasteiger partial charge in [0, 0.05) is 19.0 Å². The number of anilines is 1. The van der Waals surface area contributed by atoms with Crippen molar-refractivity contribution in [1.82, 2.24) is 9.97 Å². The Labute approximate surface area is 91.2 Å². The van der Waals surface area contributed by atoms with Gasteiger partial charge < -0.3 is 10.1 Å². The highest BCUT2D eigenvalue weighted by Gasteiger charge is 2.13. The Hall–Kier alpha value is -0.680. The van der Waals surface area contributed by atoms with E-state index in [0.29, 0.717) is 12.0 Å². The molecule has 2 rings (SSSR count). The summed E-state index contributed by atoms with van der Waals surface area (Å²) < 4.78 is 6.24. The molecule has 1 fully saturated rings. The maximum atomic E-state index is 5.35. The number of nitrogens with zero attached hydrogens (tertiary/aromatic N) is 2. The number of rotatable bonds is 2. The first-order chi connectivity index (χ1) is 6.84. The van der Waals surface area contributed by atoms with Crippen molar-refractivity contribution in [2.45, 2.75) is 18.9 Å². The van der Waals surface area contributed by atoms with E-state index in [0.717, 1.165) is 30.5 Å². The molecule has 1 saturated heterocycles. The predicted octanol–water partition coefficient (Wildman–Crippen LogP) is 1.83. The second kappa shape index (κ2) is 4.70. The lowest BCUT2D eigenvalue weighted by atomic mass is 10.1. The molecule has 76 valence electrons. The molecule has 0 radical (unpaired) electrons. The van der Waals surface area contributed by atoms with Crippen molar-refractivity contribution in [3.63, 3.8) is 0 Å². The molecule has 1 aromatic heterocycles. The Morgan fingerprint density at radius 2 is 2.21 bits per heavy atom. The molecule has 1 aliphatic rings. The molecule has 14 heavy (non-hydrogen) atoms. The number of halogens is 1. The van der Waals surface area contributed by atoms with Crippen molar-refractivity contribution in [3.05, 3.63) is 16.9 Å². The quantitative estimate of drug-likeness (QED) is 0.879. The summed E-state index contributed by atoms with van der Waals surface area (Å²) in [6.45, 7) is 1.62. The van der Waals surface area contributed by atoms with Crippen LogP contribution in [0.3, 0.4) is 0 Å². The highest BCUT2D eigenvalue weighted by molar-refractivity contribution is 9.10. The van der Waals surface area contributed by atoms with E-state index in [4.69, 9.17) is 4.74 Å². The van der Waals surface area contributed by atoms with Crippen LogP contribution in [0.4, 0.5) is 5.95 Å². The van der Waals surface area contributed by atoms with E-state index in [1.165, 1.54) is 0 Å². The van der Waals surface area contributed by atoms with Crippen molar-refractivity contribution in [2.24, 2.45) is 0 Å². The maximum Gasteiger partial charge on any atom is 0.222 e. The molecule has 0 aliphatic carbocycles. The molecule has 2 heterocycles. The van der Waals surface area contributed by atoms with Crippen molar-refractivity contribution in [1.29, 1.82) is 0 Å². The number of hydrogen-bond donors (Lipinski definition) is 1. The minimum absolute atomic E-state index is 0.352. The van der Waals surface area contributed by atoms with Crippen LogP contribution in [0, 0.1) is 0 Å². The zero-order valence-corrected chi connectivity index (χ0v) is 9.33. The third-order valence-corrected chi connectivity index (χ3v) is 2.52. The van der Waals surface area contributed by atoms with E-state index in [2.05, 4.69) is 31.2 Å². The van der Waals surface area contributed by atoms with Crippen LogP contribution in [0.15, 0.2) is 16.9 Å². The number of aromatic nitrogens is 2. The summed E-state index contributed by atoms with van der Waals surface area (Å²) in [6.07, 6.45) is 5.70. The zero-order chi connectivity index (χ0) is 9.80. The Kier molecular flexibility index (Phi) is 3.31. The van der Waals surface area contributed by atoms with Gasteiger partial charge in [0.15, 0.2) is 0 Å². The van der Waals surface area contributed by atoms with Crippen LogP contribution >= 0.6 is 15.9 Å². The molecule has 1 unspecified atom stereocenters. The topological polar surface area (TPSA) is 47.0 Å². The molecule has 0 spiro atoms. The molecule has 0 bridgehead atoms. The second-order valence-corrected chi connectivity index (χ2v) is 4.20. The Balaban J connectivity index is 1.92.